The van der Waals surface area contributed by atoms with E-state index in [1.165, 1.54) is 17.5 Å². The maximum absolute atomic E-state index is 3.70. The fourth-order valence-corrected chi connectivity index (χ4v) is 2.73. The lowest BCUT2D eigenvalue weighted by Crippen LogP contribution is -2.35. The van der Waals surface area contributed by atoms with Crippen molar-refractivity contribution in [2.75, 3.05) is 26.7 Å². The van der Waals surface area contributed by atoms with Gasteiger partial charge in [-0.25, -0.2) is 0 Å². The van der Waals surface area contributed by atoms with Crippen LogP contribution in [0.5, 0.6) is 0 Å². The lowest BCUT2D eigenvalue weighted by atomic mass is 9.98. The van der Waals surface area contributed by atoms with Gasteiger partial charge in [0.05, 0.1) is 0 Å². The fourth-order valence-electron chi connectivity index (χ4n) is 2.73. The third-order valence-corrected chi connectivity index (χ3v) is 3.82. The molecule has 1 aromatic rings. The molecular weight excluding hydrogens is 256 g/mol. The highest BCUT2D eigenvalue weighted by molar-refractivity contribution is 5.27. The molecule has 1 atom stereocenters. The molecule has 0 bridgehead atoms. The van der Waals surface area contributed by atoms with Gasteiger partial charge in [-0.05, 0) is 43.0 Å². The standard InChI is InChI=1S/C19H34N2/c1-7-12-20-19(14-21(6)13-15(2)3)18-10-8-17(9-11-18)16(4)5/h8-11,15-16,19-20H,7,12-14H2,1-6H3. The smallest absolute Gasteiger partial charge is 0.0449 e. The molecule has 1 N–H and O–H groups in total. The molecule has 0 spiro atoms. The molecule has 0 aliphatic heterocycles. The van der Waals surface area contributed by atoms with Crippen molar-refractivity contribution in [3.05, 3.63) is 35.4 Å². The monoisotopic (exact) mass is 290 g/mol. The molecule has 0 aliphatic rings. The fraction of sp³-hybridized carbons (Fsp3) is 0.684. The molecule has 0 radical (unpaired) electrons. The number of hydrogen-bond donors (Lipinski definition) is 1. The summed E-state index contributed by atoms with van der Waals surface area (Å²) in [5.41, 5.74) is 2.83. The molecule has 1 rings (SSSR count). The molecule has 2 heteroatoms. The van der Waals surface area contributed by atoms with Gasteiger partial charge in [-0.15, -0.1) is 0 Å². The summed E-state index contributed by atoms with van der Waals surface area (Å²) in [7, 11) is 2.23. The molecule has 0 saturated heterocycles. The lowest BCUT2D eigenvalue weighted by Gasteiger charge is -2.27. The maximum Gasteiger partial charge on any atom is 0.0449 e. The molecule has 0 amide bonds. The van der Waals surface area contributed by atoms with E-state index in [2.05, 4.69) is 76.1 Å². The number of likely N-dealkylation sites (N-methyl/N-ethyl adjacent to an activating group) is 1. The molecule has 120 valence electrons. The second-order valence-corrected chi connectivity index (χ2v) is 6.94. The van der Waals surface area contributed by atoms with Crippen LogP contribution in [-0.4, -0.2) is 31.6 Å². The Morgan fingerprint density at radius 3 is 2.00 bits per heavy atom. The van der Waals surface area contributed by atoms with E-state index >= 15 is 0 Å². The lowest BCUT2D eigenvalue weighted by molar-refractivity contribution is 0.262. The first kappa shape index (κ1) is 18.2. The van der Waals surface area contributed by atoms with Crippen molar-refractivity contribution in [3.8, 4) is 0 Å². The molecule has 0 aliphatic carbocycles. The summed E-state index contributed by atoms with van der Waals surface area (Å²) in [5, 5.41) is 3.70. The van der Waals surface area contributed by atoms with Crippen LogP contribution < -0.4 is 5.32 Å². The Balaban J connectivity index is 2.75. The van der Waals surface area contributed by atoms with E-state index in [0.717, 1.165) is 19.6 Å². The van der Waals surface area contributed by atoms with Crippen molar-refractivity contribution in [2.24, 2.45) is 5.92 Å². The molecule has 1 unspecified atom stereocenters. The third kappa shape index (κ3) is 6.62. The van der Waals surface area contributed by atoms with E-state index in [-0.39, 0.29) is 0 Å². The van der Waals surface area contributed by atoms with Crippen molar-refractivity contribution in [3.63, 3.8) is 0 Å². The van der Waals surface area contributed by atoms with Crippen LogP contribution in [0.3, 0.4) is 0 Å². The van der Waals surface area contributed by atoms with E-state index in [0.29, 0.717) is 17.9 Å². The Bertz CT molecular complexity index is 381. The van der Waals surface area contributed by atoms with Crippen LogP contribution in [0.4, 0.5) is 0 Å². The highest BCUT2D eigenvalue weighted by atomic mass is 15.1. The first-order chi connectivity index (χ1) is 9.93. The number of nitrogens with zero attached hydrogens (tertiary/aromatic N) is 1. The van der Waals surface area contributed by atoms with Gasteiger partial charge in [0.1, 0.15) is 0 Å². The summed E-state index contributed by atoms with van der Waals surface area (Å²) in [6.45, 7) is 14.6. The van der Waals surface area contributed by atoms with Gasteiger partial charge < -0.3 is 10.2 Å². The normalized spacial score (nSPS) is 13.4. The topological polar surface area (TPSA) is 15.3 Å². The van der Waals surface area contributed by atoms with Crippen molar-refractivity contribution in [1.29, 1.82) is 0 Å². The van der Waals surface area contributed by atoms with Crippen molar-refractivity contribution >= 4 is 0 Å². The molecule has 1 aromatic carbocycles. The summed E-state index contributed by atoms with van der Waals surface area (Å²) < 4.78 is 0. The number of hydrogen-bond acceptors (Lipinski definition) is 2. The highest BCUT2D eigenvalue weighted by Gasteiger charge is 2.14. The van der Waals surface area contributed by atoms with Crippen LogP contribution in [0.25, 0.3) is 0 Å². The second-order valence-electron chi connectivity index (χ2n) is 6.94. The first-order valence-corrected chi connectivity index (χ1v) is 8.45. The molecule has 0 saturated carbocycles. The van der Waals surface area contributed by atoms with Crippen molar-refractivity contribution in [1.82, 2.24) is 10.2 Å². The quantitative estimate of drug-likeness (QED) is 0.723. The van der Waals surface area contributed by atoms with Gasteiger partial charge in [-0.2, -0.15) is 0 Å². The summed E-state index contributed by atoms with van der Waals surface area (Å²) in [5.74, 6) is 1.31. The Kier molecular flexibility index (Phi) is 7.98. The second kappa shape index (κ2) is 9.22. The predicted octanol–water partition coefficient (Wildman–Crippen LogP) is 4.44. The van der Waals surface area contributed by atoms with Gasteiger partial charge in [0.2, 0.25) is 0 Å². The van der Waals surface area contributed by atoms with Crippen molar-refractivity contribution in [2.45, 2.75) is 53.0 Å². The Labute approximate surface area is 131 Å². The molecule has 0 heterocycles. The number of nitrogens with one attached hydrogen (secondary N) is 1. The summed E-state index contributed by atoms with van der Waals surface area (Å²) in [6, 6.07) is 9.58. The van der Waals surface area contributed by atoms with Crippen LogP contribution in [0.15, 0.2) is 24.3 Å². The van der Waals surface area contributed by atoms with Crippen LogP contribution in [-0.2, 0) is 0 Å². The summed E-state index contributed by atoms with van der Waals surface area (Å²) >= 11 is 0. The molecule has 0 fully saturated rings. The maximum atomic E-state index is 3.70. The molecule has 2 nitrogen and oxygen atoms in total. The van der Waals surface area contributed by atoms with Crippen LogP contribution >= 0.6 is 0 Å². The van der Waals surface area contributed by atoms with Crippen LogP contribution in [0.1, 0.15) is 64.1 Å². The minimum absolute atomic E-state index is 0.426. The van der Waals surface area contributed by atoms with Gasteiger partial charge in [-0.1, -0.05) is 58.9 Å². The summed E-state index contributed by atoms with van der Waals surface area (Å²) in [6.07, 6.45) is 1.18. The van der Waals surface area contributed by atoms with E-state index < -0.39 is 0 Å². The molecule has 0 aromatic heterocycles. The Hall–Kier alpha value is -0.860. The van der Waals surface area contributed by atoms with Gasteiger partial charge in [0.15, 0.2) is 0 Å². The van der Waals surface area contributed by atoms with Crippen molar-refractivity contribution < 1.29 is 0 Å². The minimum atomic E-state index is 0.426. The molecular formula is C19H34N2. The van der Waals surface area contributed by atoms with Crippen LogP contribution in [0, 0.1) is 5.92 Å². The van der Waals surface area contributed by atoms with Gasteiger partial charge in [-0.3, -0.25) is 0 Å². The van der Waals surface area contributed by atoms with E-state index in [1.807, 2.05) is 0 Å². The summed E-state index contributed by atoms with van der Waals surface area (Å²) in [4.78, 5) is 2.44. The zero-order chi connectivity index (χ0) is 15.8. The van der Waals surface area contributed by atoms with Gasteiger partial charge >= 0.3 is 0 Å². The zero-order valence-electron chi connectivity index (χ0n) is 14.8. The number of rotatable bonds is 9. The van der Waals surface area contributed by atoms with E-state index in [4.69, 9.17) is 0 Å². The Morgan fingerprint density at radius 2 is 1.52 bits per heavy atom. The SMILES string of the molecule is CCCNC(CN(C)CC(C)C)c1ccc(C(C)C)cc1. The van der Waals surface area contributed by atoms with Gasteiger partial charge in [0, 0.05) is 19.1 Å². The first-order valence-electron chi connectivity index (χ1n) is 8.45. The average molecular weight is 290 g/mol. The Morgan fingerprint density at radius 1 is 0.952 bits per heavy atom. The van der Waals surface area contributed by atoms with Gasteiger partial charge in [0.25, 0.3) is 0 Å². The number of benzene rings is 1. The average Bonchev–Trinajstić information content (AvgIpc) is 2.42. The van der Waals surface area contributed by atoms with E-state index in [9.17, 15) is 0 Å². The highest BCUT2D eigenvalue weighted by Crippen LogP contribution is 2.19. The minimum Gasteiger partial charge on any atom is -0.309 e. The molecule has 21 heavy (non-hydrogen) atoms. The predicted molar refractivity (Wildman–Crippen MR) is 93.9 cm³/mol. The zero-order valence-corrected chi connectivity index (χ0v) is 14.8. The third-order valence-electron chi connectivity index (χ3n) is 3.82. The largest absolute Gasteiger partial charge is 0.309 e. The van der Waals surface area contributed by atoms with E-state index in [1.54, 1.807) is 0 Å². The van der Waals surface area contributed by atoms with Crippen LogP contribution in [0.2, 0.25) is 0 Å².